The Bertz CT molecular complexity index is 1800. The van der Waals surface area contributed by atoms with Crippen LogP contribution in [0.15, 0.2) is 83.3 Å². The number of hydrogen-bond acceptors (Lipinski definition) is 7. The van der Waals surface area contributed by atoms with Crippen LogP contribution in [-0.4, -0.2) is 53.2 Å². The molecule has 4 rings (SSSR count). The molecule has 1 aromatic heterocycles. The predicted molar refractivity (Wildman–Crippen MR) is 190 cm³/mol. The Labute approximate surface area is 302 Å². The third kappa shape index (κ3) is 10.7. The highest BCUT2D eigenvalue weighted by molar-refractivity contribution is 5.83. The number of halogens is 3. The molecular weight excluding hydrogens is 675 g/mol. The van der Waals surface area contributed by atoms with Gasteiger partial charge in [0.05, 0.1) is 18.2 Å². The van der Waals surface area contributed by atoms with Gasteiger partial charge in [-0.2, -0.15) is 0 Å². The van der Waals surface area contributed by atoms with Crippen molar-refractivity contribution in [3.63, 3.8) is 0 Å². The summed E-state index contributed by atoms with van der Waals surface area (Å²) in [4.78, 5) is 44.9. The maximum atomic E-state index is 16.1. The van der Waals surface area contributed by atoms with Gasteiger partial charge in [-0.25, -0.2) is 22.9 Å². The molecule has 0 aliphatic heterocycles. The average Bonchev–Trinajstić information content (AvgIpc) is 3.50. The van der Waals surface area contributed by atoms with Crippen molar-refractivity contribution in [3.8, 4) is 11.5 Å². The van der Waals surface area contributed by atoms with Crippen LogP contribution in [0.25, 0.3) is 11.5 Å². The van der Waals surface area contributed by atoms with E-state index in [9.17, 15) is 18.8 Å². The van der Waals surface area contributed by atoms with Crippen LogP contribution >= 0.6 is 0 Å². The van der Waals surface area contributed by atoms with E-state index < -0.39 is 59.3 Å². The molecule has 12 heteroatoms. The van der Waals surface area contributed by atoms with E-state index in [2.05, 4.69) is 5.32 Å². The maximum Gasteiger partial charge on any atom is 0.407 e. The Morgan fingerprint density at radius 2 is 1.60 bits per heavy atom. The standard InChI is InChI=1S/C40H46F3N3O6/c1-7-29(33(43)22-44-39(49)50-24-28-16-12-9-13-17-28)23-46(38(48)25(2)51-26(3)47)36(40(4,5)6)35-34(20-27-14-10-8-11-15-27)52-37(45-35)31-21-30(41)18-19-32(31)42/h8-19,21,25,29,33,36H,7,20,22-24H2,1-6H3,(H,44,49)/t25-,29-,33-,36-/m0/s1. The SMILES string of the molecule is CC[C@@H](CN(C(=O)[C@H](C)OC(C)=O)[C@@H](c1nc(-c2cc(F)ccc2F)oc1Cc1ccccc1)C(C)(C)C)[C@@H](F)CNC(=O)OCc1ccccc1. The Morgan fingerprint density at radius 1 is 0.962 bits per heavy atom. The predicted octanol–water partition coefficient (Wildman–Crippen LogP) is 8.37. The van der Waals surface area contributed by atoms with Gasteiger partial charge in [0.15, 0.2) is 6.10 Å². The van der Waals surface area contributed by atoms with Crippen LogP contribution in [-0.2, 0) is 32.1 Å². The number of amides is 2. The number of ether oxygens (including phenoxy) is 2. The minimum Gasteiger partial charge on any atom is -0.453 e. The number of carbonyl (C=O) groups is 3. The second-order valence-electron chi connectivity index (χ2n) is 13.8. The first kappa shape index (κ1) is 39.7. The van der Waals surface area contributed by atoms with E-state index in [0.717, 1.165) is 29.3 Å². The van der Waals surface area contributed by atoms with Gasteiger partial charge >= 0.3 is 12.1 Å². The number of alkyl carbamates (subject to hydrolysis) is 1. The van der Waals surface area contributed by atoms with E-state index in [1.807, 2.05) is 69.3 Å². The molecule has 1 heterocycles. The number of hydrogen-bond donors (Lipinski definition) is 1. The highest BCUT2D eigenvalue weighted by Crippen LogP contribution is 2.42. The summed E-state index contributed by atoms with van der Waals surface area (Å²) in [5, 5.41) is 2.48. The van der Waals surface area contributed by atoms with Crippen LogP contribution in [0.4, 0.5) is 18.0 Å². The molecule has 0 saturated carbocycles. The van der Waals surface area contributed by atoms with Gasteiger partial charge in [0.2, 0.25) is 5.89 Å². The van der Waals surface area contributed by atoms with Crippen molar-refractivity contribution in [1.82, 2.24) is 15.2 Å². The molecule has 0 unspecified atom stereocenters. The molecule has 4 atom stereocenters. The zero-order valence-electron chi connectivity index (χ0n) is 30.3. The van der Waals surface area contributed by atoms with Gasteiger partial charge in [-0.1, -0.05) is 88.4 Å². The van der Waals surface area contributed by atoms with Crippen LogP contribution in [0.2, 0.25) is 0 Å². The number of benzene rings is 3. The molecule has 0 spiro atoms. The summed E-state index contributed by atoms with van der Waals surface area (Å²) in [6.07, 6.45) is -3.22. The summed E-state index contributed by atoms with van der Waals surface area (Å²) < 4.78 is 62.2. The third-order valence-electron chi connectivity index (χ3n) is 8.58. The molecule has 4 aromatic rings. The number of carbonyl (C=O) groups excluding carboxylic acids is 3. The summed E-state index contributed by atoms with van der Waals surface area (Å²) >= 11 is 0. The molecule has 3 aromatic carbocycles. The van der Waals surface area contributed by atoms with E-state index >= 15 is 8.78 Å². The smallest absolute Gasteiger partial charge is 0.407 e. The zero-order valence-corrected chi connectivity index (χ0v) is 30.3. The largest absolute Gasteiger partial charge is 0.453 e. The Hall–Kier alpha value is -5.13. The van der Waals surface area contributed by atoms with Gasteiger partial charge in [-0.05, 0) is 48.1 Å². The maximum absolute atomic E-state index is 16.1. The molecule has 0 saturated heterocycles. The van der Waals surface area contributed by atoms with Gasteiger partial charge in [0, 0.05) is 25.8 Å². The molecular formula is C40H46F3N3O6. The quantitative estimate of drug-likeness (QED) is 0.123. The monoisotopic (exact) mass is 721 g/mol. The van der Waals surface area contributed by atoms with Crippen LogP contribution in [0.1, 0.15) is 76.6 Å². The Balaban J connectivity index is 1.73. The first-order valence-electron chi connectivity index (χ1n) is 17.2. The summed E-state index contributed by atoms with van der Waals surface area (Å²) in [5.74, 6) is -3.48. The molecule has 0 aliphatic rings. The van der Waals surface area contributed by atoms with Gasteiger partial charge < -0.3 is 24.1 Å². The minimum absolute atomic E-state index is 0.00887. The van der Waals surface area contributed by atoms with E-state index in [1.54, 1.807) is 19.1 Å². The fourth-order valence-corrected chi connectivity index (χ4v) is 6.02. The van der Waals surface area contributed by atoms with Crippen molar-refractivity contribution < 1.29 is 41.4 Å². The summed E-state index contributed by atoms with van der Waals surface area (Å²) in [5.41, 5.74) is 0.833. The van der Waals surface area contributed by atoms with E-state index in [0.29, 0.717) is 0 Å². The van der Waals surface area contributed by atoms with Crippen LogP contribution in [0, 0.1) is 23.0 Å². The van der Waals surface area contributed by atoms with E-state index in [1.165, 1.54) is 18.7 Å². The zero-order chi connectivity index (χ0) is 38.0. The number of alkyl halides is 1. The topological polar surface area (TPSA) is 111 Å². The van der Waals surface area contributed by atoms with Gasteiger partial charge in [0.25, 0.3) is 5.91 Å². The van der Waals surface area contributed by atoms with Crippen molar-refractivity contribution in [3.05, 3.63) is 113 Å². The van der Waals surface area contributed by atoms with Crippen LogP contribution < -0.4 is 5.32 Å². The lowest BCUT2D eigenvalue weighted by Gasteiger charge is -2.42. The summed E-state index contributed by atoms with van der Waals surface area (Å²) in [7, 11) is 0. The summed E-state index contributed by atoms with van der Waals surface area (Å²) in [6, 6.07) is 20.3. The number of esters is 1. The first-order chi connectivity index (χ1) is 24.7. The van der Waals surface area contributed by atoms with Crippen molar-refractivity contribution >= 4 is 18.0 Å². The van der Waals surface area contributed by atoms with E-state index in [4.69, 9.17) is 18.9 Å². The Morgan fingerprint density at radius 3 is 2.19 bits per heavy atom. The number of aromatic nitrogens is 1. The fourth-order valence-electron chi connectivity index (χ4n) is 6.02. The van der Waals surface area contributed by atoms with Crippen molar-refractivity contribution in [1.29, 1.82) is 0 Å². The van der Waals surface area contributed by atoms with Gasteiger partial charge in [-0.3, -0.25) is 9.59 Å². The van der Waals surface area contributed by atoms with Gasteiger partial charge in [-0.15, -0.1) is 0 Å². The highest BCUT2D eigenvalue weighted by Gasteiger charge is 2.42. The average molecular weight is 722 g/mol. The van der Waals surface area contributed by atoms with Crippen molar-refractivity contribution in [2.24, 2.45) is 11.3 Å². The molecule has 0 bridgehead atoms. The lowest BCUT2D eigenvalue weighted by molar-refractivity contribution is -0.160. The highest BCUT2D eigenvalue weighted by atomic mass is 19.1. The molecule has 0 fully saturated rings. The van der Waals surface area contributed by atoms with Crippen molar-refractivity contribution in [2.45, 2.75) is 79.3 Å². The normalized spacial score (nSPS) is 13.8. The number of rotatable bonds is 15. The van der Waals surface area contributed by atoms with Gasteiger partial charge in [0.1, 0.15) is 35.9 Å². The van der Waals surface area contributed by atoms with Crippen LogP contribution in [0.3, 0.4) is 0 Å². The summed E-state index contributed by atoms with van der Waals surface area (Å²) in [6.45, 7) is 9.38. The lowest BCUT2D eigenvalue weighted by Crippen LogP contribution is -2.50. The van der Waals surface area contributed by atoms with E-state index in [-0.39, 0.29) is 55.4 Å². The third-order valence-corrected chi connectivity index (χ3v) is 8.58. The van der Waals surface area contributed by atoms with Crippen molar-refractivity contribution in [2.75, 3.05) is 13.1 Å². The second-order valence-corrected chi connectivity index (χ2v) is 13.8. The first-order valence-corrected chi connectivity index (χ1v) is 17.2. The molecule has 9 nitrogen and oxygen atoms in total. The molecule has 1 N–H and O–H groups in total. The molecule has 52 heavy (non-hydrogen) atoms. The number of nitrogens with zero attached hydrogens (tertiary/aromatic N) is 2. The fraction of sp³-hybridized carbons (Fsp3) is 0.400. The molecule has 0 aliphatic carbocycles. The molecule has 0 radical (unpaired) electrons. The molecule has 2 amide bonds. The Kier molecular flexibility index (Phi) is 13.6. The van der Waals surface area contributed by atoms with Crippen LogP contribution in [0.5, 0.6) is 0 Å². The number of nitrogens with one attached hydrogen (secondary N) is 1. The lowest BCUT2D eigenvalue weighted by atomic mass is 9.81. The minimum atomic E-state index is -1.62. The molecule has 278 valence electrons. The second kappa shape index (κ2) is 17.9. The number of oxazole rings is 1.